The molecule has 2 amide bonds. The van der Waals surface area contributed by atoms with E-state index in [4.69, 9.17) is 9.47 Å². The first-order valence-corrected chi connectivity index (χ1v) is 9.17. The van der Waals surface area contributed by atoms with E-state index in [1.165, 1.54) is 7.11 Å². The Morgan fingerprint density at radius 3 is 2.36 bits per heavy atom. The van der Waals surface area contributed by atoms with Gasteiger partial charge in [-0.25, -0.2) is 0 Å². The maximum absolute atomic E-state index is 12.2. The molecule has 0 aromatic heterocycles. The van der Waals surface area contributed by atoms with Gasteiger partial charge in [0.25, 0.3) is 5.91 Å². The monoisotopic (exact) mass is 395 g/mol. The van der Waals surface area contributed by atoms with Crippen molar-refractivity contribution in [2.24, 2.45) is 0 Å². The SMILES string of the molecule is COc1ccc(C(=O)NCC2OC(CC(=O)NCCN(C)C)C(O)C2O)cc1. The van der Waals surface area contributed by atoms with Crippen LogP contribution in [0.3, 0.4) is 0 Å². The van der Waals surface area contributed by atoms with Crippen LogP contribution < -0.4 is 15.4 Å². The highest BCUT2D eigenvalue weighted by molar-refractivity contribution is 5.94. The fourth-order valence-corrected chi connectivity index (χ4v) is 2.87. The Labute approximate surface area is 164 Å². The summed E-state index contributed by atoms with van der Waals surface area (Å²) < 4.78 is 10.6. The van der Waals surface area contributed by atoms with Crippen LogP contribution in [0.25, 0.3) is 0 Å². The summed E-state index contributed by atoms with van der Waals surface area (Å²) in [5.41, 5.74) is 0.436. The Morgan fingerprint density at radius 2 is 1.75 bits per heavy atom. The Balaban J connectivity index is 1.81. The van der Waals surface area contributed by atoms with E-state index >= 15 is 0 Å². The van der Waals surface area contributed by atoms with Gasteiger partial charge in [0, 0.05) is 25.2 Å². The number of carbonyl (C=O) groups is 2. The number of aliphatic hydroxyl groups is 2. The highest BCUT2D eigenvalue weighted by atomic mass is 16.5. The summed E-state index contributed by atoms with van der Waals surface area (Å²) in [4.78, 5) is 26.1. The second kappa shape index (κ2) is 10.4. The minimum atomic E-state index is -1.19. The van der Waals surface area contributed by atoms with Crippen LogP contribution >= 0.6 is 0 Å². The van der Waals surface area contributed by atoms with Crippen LogP contribution in [-0.4, -0.2) is 92.2 Å². The fourth-order valence-electron chi connectivity index (χ4n) is 2.87. The summed E-state index contributed by atoms with van der Waals surface area (Å²) in [6.45, 7) is 1.20. The summed E-state index contributed by atoms with van der Waals surface area (Å²) in [6.07, 6.45) is -4.05. The Kier molecular flexibility index (Phi) is 8.18. The number of hydrogen-bond donors (Lipinski definition) is 4. The third kappa shape index (κ3) is 6.16. The van der Waals surface area contributed by atoms with Gasteiger partial charge in [0.15, 0.2) is 0 Å². The molecule has 1 aromatic carbocycles. The highest BCUT2D eigenvalue weighted by Crippen LogP contribution is 2.23. The zero-order chi connectivity index (χ0) is 20.7. The normalized spacial score (nSPS) is 24.2. The van der Waals surface area contributed by atoms with E-state index in [1.54, 1.807) is 24.3 Å². The number of carbonyl (C=O) groups excluding carboxylic acids is 2. The number of rotatable bonds is 9. The molecule has 1 aliphatic heterocycles. The molecule has 1 heterocycles. The van der Waals surface area contributed by atoms with Crippen LogP contribution in [0.4, 0.5) is 0 Å². The third-order valence-corrected chi connectivity index (χ3v) is 4.55. The van der Waals surface area contributed by atoms with Crippen molar-refractivity contribution in [2.45, 2.75) is 30.8 Å². The van der Waals surface area contributed by atoms with Crippen molar-refractivity contribution in [3.8, 4) is 5.75 Å². The number of nitrogens with zero attached hydrogens (tertiary/aromatic N) is 1. The van der Waals surface area contributed by atoms with Crippen molar-refractivity contribution in [2.75, 3.05) is 40.8 Å². The van der Waals surface area contributed by atoms with Gasteiger partial charge in [-0.1, -0.05) is 0 Å². The minimum Gasteiger partial charge on any atom is -0.497 e. The summed E-state index contributed by atoms with van der Waals surface area (Å²) >= 11 is 0. The molecule has 4 unspecified atom stereocenters. The van der Waals surface area contributed by atoms with Gasteiger partial charge in [-0.05, 0) is 38.4 Å². The van der Waals surface area contributed by atoms with Gasteiger partial charge in [0.1, 0.15) is 24.1 Å². The molecule has 1 aliphatic rings. The maximum Gasteiger partial charge on any atom is 0.251 e. The maximum atomic E-state index is 12.2. The zero-order valence-corrected chi connectivity index (χ0v) is 16.4. The number of amides is 2. The predicted molar refractivity (Wildman–Crippen MR) is 102 cm³/mol. The number of benzene rings is 1. The summed E-state index contributed by atoms with van der Waals surface area (Å²) in [7, 11) is 5.34. The molecule has 4 N–H and O–H groups in total. The van der Waals surface area contributed by atoms with Gasteiger partial charge in [0.2, 0.25) is 5.91 Å². The molecule has 4 atom stereocenters. The van der Waals surface area contributed by atoms with Crippen LogP contribution in [0, 0.1) is 0 Å². The van der Waals surface area contributed by atoms with Crippen molar-refractivity contribution in [3.05, 3.63) is 29.8 Å². The van der Waals surface area contributed by atoms with E-state index < -0.39 is 24.4 Å². The van der Waals surface area contributed by atoms with Crippen LogP contribution in [0.15, 0.2) is 24.3 Å². The van der Waals surface area contributed by atoms with Crippen LogP contribution in [0.1, 0.15) is 16.8 Å². The minimum absolute atomic E-state index is 0.0157. The van der Waals surface area contributed by atoms with Crippen LogP contribution in [0.5, 0.6) is 5.75 Å². The second-order valence-electron chi connectivity index (χ2n) is 6.99. The first-order valence-electron chi connectivity index (χ1n) is 9.17. The number of nitrogens with one attached hydrogen (secondary N) is 2. The van der Waals surface area contributed by atoms with Crippen molar-refractivity contribution < 1.29 is 29.3 Å². The summed E-state index contributed by atoms with van der Waals surface area (Å²) in [6, 6.07) is 6.58. The lowest BCUT2D eigenvalue weighted by Gasteiger charge is -2.16. The van der Waals surface area contributed by atoms with Gasteiger partial charge in [-0.3, -0.25) is 9.59 Å². The van der Waals surface area contributed by atoms with Gasteiger partial charge in [-0.2, -0.15) is 0 Å². The summed E-state index contributed by atoms with van der Waals surface area (Å²) in [5, 5.41) is 25.7. The van der Waals surface area contributed by atoms with E-state index in [9.17, 15) is 19.8 Å². The first kappa shape index (κ1) is 22.1. The molecule has 0 aliphatic carbocycles. The molecule has 0 saturated carbocycles. The predicted octanol–water partition coefficient (Wildman–Crippen LogP) is -1.02. The smallest absolute Gasteiger partial charge is 0.251 e. The van der Waals surface area contributed by atoms with Gasteiger partial charge in [0.05, 0.1) is 19.6 Å². The van der Waals surface area contributed by atoms with Crippen molar-refractivity contribution in [1.29, 1.82) is 0 Å². The number of hydrogen-bond acceptors (Lipinski definition) is 7. The zero-order valence-electron chi connectivity index (χ0n) is 16.4. The van der Waals surface area contributed by atoms with Crippen molar-refractivity contribution in [1.82, 2.24) is 15.5 Å². The lowest BCUT2D eigenvalue weighted by Crippen LogP contribution is -2.40. The molecule has 156 valence electrons. The van der Waals surface area contributed by atoms with Gasteiger partial charge in [-0.15, -0.1) is 0 Å². The first-order chi connectivity index (χ1) is 13.3. The molecule has 2 rings (SSSR count). The van der Waals surface area contributed by atoms with Crippen molar-refractivity contribution in [3.63, 3.8) is 0 Å². The fraction of sp³-hybridized carbons (Fsp3) is 0.579. The van der Waals surface area contributed by atoms with E-state index in [0.29, 0.717) is 24.4 Å². The highest BCUT2D eigenvalue weighted by Gasteiger charge is 2.43. The molecule has 0 bridgehead atoms. The summed E-state index contributed by atoms with van der Waals surface area (Å²) in [5.74, 6) is 0.0414. The quantitative estimate of drug-likeness (QED) is 0.422. The van der Waals surface area contributed by atoms with E-state index in [-0.39, 0.29) is 24.8 Å². The van der Waals surface area contributed by atoms with Crippen LogP contribution in [0.2, 0.25) is 0 Å². The lowest BCUT2D eigenvalue weighted by atomic mass is 10.1. The van der Waals surface area contributed by atoms with E-state index in [1.807, 2.05) is 19.0 Å². The molecule has 9 heteroatoms. The average molecular weight is 395 g/mol. The molecule has 1 fully saturated rings. The molecule has 28 heavy (non-hydrogen) atoms. The standard InChI is InChI=1S/C19H29N3O6/c1-22(2)9-8-20-16(23)10-14-17(24)18(25)15(28-14)11-21-19(26)12-4-6-13(27-3)7-5-12/h4-7,14-15,17-18,24-25H,8-11H2,1-3H3,(H,20,23)(H,21,26). The molecule has 1 saturated heterocycles. The average Bonchev–Trinajstić information content (AvgIpc) is 2.93. The molecule has 0 spiro atoms. The van der Waals surface area contributed by atoms with Crippen molar-refractivity contribution >= 4 is 11.8 Å². The lowest BCUT2D eigenvalue weighted by molar-refractivity contribution is -0.125. The van der Waals surface area contributed by atoms with Gasteiger partial charge < -0.3 is 35.2 Å². The topological polar surface area (TPSA) is 120 Å². The Bertz CT molecular complexity index is 652. The number of likely N-dealkylation sites (N-methyl/N-ethyl adjacent to an activating group) is 1. The Morgan fingerprint density at radius 1 is 1.11 bits per heavy atom. The molecule has 1 aromatic rings. The van der Waals surface area contributed by atoms with Crippen LogP contribution in [-0.2, 0) is 9.53 Å². The molecular formula is C19H29N3O6. The number of aliphatic hydroxyl groups excluding tert-OH is 2. The van der Waals surface area contributed by atoms with E-state index in [0.717, 1.165) is 0 Å². The number of ether oxygens (including phenoxy) is 2. The third-order valence-electron chi connectivity index (χ3n) is 4.55. The Hall–Kier alpha value is -2.20. The molecular weight excluding hydrogens is 366 g/mol. The number of methoxy groups -OCH3 is 1. The second-order valence-corrected chi connectivity index (χ2v) is 6.99. The van der Waals surface area contributed by atoms with E-state index in [2.05, 4.69) is 10.6 Å². The molecule has 9 nitrogen and oxygen atoms in total. The molecule has 0 radical (unpaired) electrons. The largest absolute Gasteiger partial charge is 0.497 e. The van der Waals surface area contributed by atoms with Gasteiger partial charge >= 0.3 is 0 Å².